The van der Waals surface area contributed by atoms with Crippen molar-refractivity contribution in [1.82, 2.24) is 25.1 Å². The molecule has 0 aromatic carbocycles. The smallest absolute Gasteiger partial charge is 0.146 e. The first-order valence-corrected chi connectivity index (χ1v) is 5.74. The van der Waals surface area contributed by atoms with Crippen molar-refractivity contribution in [2.45, 2.75) is 20.0 Å². The minimum absolute atomic E-state index is 0.661. The highest BCUT2D eigenvalue weighted by atomic mass is 16.5. The number of methoxy groups -OCH3 is 1. The van der Waals surface area contributed by atoms with Gasteiger partial charge >= 0.3 is 0 Å². The molecule has 0 fully saturated rings. The van der Waals surface area contributed by atoms with Crippen LogP contribution in [-0.2, 0) is 20.1 Å². The first-order valence-electron chi connectivity index (χ1n) is 5.74. The number of aryl methyl sites for hydroxylation is 2. The quantitative estimate of drug-likeness (QED) is 0.847. The maximum absolute atomic E-state index is 5.21. The van der Waals surface area contributed by atoms with Gasteiger partial charge < -0.3 is 14.6 Å². The van der Waals surface area contributed by atoms with E-state index in [2.05, 4.69) is 20.5 Å². The van der Waals surface area contributed by atoms with E-state index >= 15 is 0 Å². The molecule has 96 valence electrons. The first kappa shape index (κ1) is 12.5. The average molecular weight is 247 g/mol. The van der Waals surface area contributed by atoms with Gasteiger partial charge in [-0.2, -0.15) is 0 Å². The zero-order valence-electron chi connectivity index (χ0n) is 10.8. The van der Waals surface area contributed by atoms with Gasteiger partial charge in [0.2, 0.25) is 0 Å². The molecular formula is C12H17N5O. The molecule has 2 heterocycles. The Kier molecular flexibility index (Phi) is 3.88. The van der Waals surface area contributed by atoms with Gasteiger partial charge in [0, 0.05) is 31.4 Å². The Morgan fingerprint density at radius 3 is 2.83 bits per heavy atom. The number of hydrogen-bond acceptors (Lipinski definition) is 5. The third kappa shape index (κ3) is 3.04. The molecule has 0 saturated heterocycles. The van der Waals surface area contributed by atoms with Crippen molar-refractivity contribution in [3.05, 3.63) is 35.7 Å². The lowest BCUT2D eigenvalue weighted by Gasteiger charge is -2.07. The molecule has 0 spiro atoms. The second kappa shape index (κ2) is 5.59. The summed E-state index contributed by atoms with van der Waals surface area (Å²) in [6.07, 6.45) is 1.69. The van der Waals surface area contributed by atoms with Crippen LogP contribution in [0.4, 0.5) is 0 Å². The molecule has 0 aliphatic carbocycles. The highest BCUT2D eigenvalue weighted by Crippen LogP contribution is 2.13. The Bertz CT molecular complexity index is 523. The SMILES string of the molecule is COc1cc(C)nc(CNCc2nncn2C)c1. The molecule has 18 heavy (non-hydrogen) atoms. The molecule has 0 saturated carbocycles. The van der Waals surface area contributed by atoms with Crippen LogP contribution in [0.1, 0.15) is 17.2 Å². The predicted octanol–water partition coefficient (Wildman–Crippen LogP) is 0.817. The summed E-state index contributed by atoms with van der Waals surface area (Å²) in [6.45, 7) is 3.29. The van der Waals surface area contributed by atoms with Gasteiger partial charge in [0.1, 0.15) is 17.9 Å². The van der Waals surface area contributed by atoms with Gasteiger partial charge in [0.15, 0.2) is 0 Å². The maximum Gasteiger partial charge on any atom is 0.146 e. The van der Waals surface area contributed by atoms with Crippen molar-refractivity contribution in [2.75, 3.05) is 7.11 Å². The maximum atomic E-state index is 5.21. The molecule has 6 heteroatoms. The third-order valence-corrected chi connectivity index (χ3v) is 2.61. The largest absolute Gasteiger partial charge is 0.497 e. The van der Waals surface area contributed by atoms with E-state index in [9.17, 15) is 0 Å². The molecule has 0 bridgehead atoms. The molecule has 2 aromatic rings. The molecule has 6 nitrogen and oxygen atoms in total. The van der Waals surface area contributed by atoms with Gasteiger partial charge in [0.25, 0.3) is 0 Å². The Labute approximate surface area is 106 Å². The second-order valence-electron chi connectivity index (χ2n) is 4.10. The minimum Gasteiger partial charge on any atom is -0.497 e. The molecule has 0 amide bonds. The number of ether oxygens (including phenoxy) is 1. The van der Waals surface area contributed by atoms with Crippen molar-refractivity contribution in [2.24, 2.45) is 7.05 Å². The van der Waals surface area contributed by atoms with Crippen LogP contribution in [-0.4, -0.2) is 26.9 Å². The summed E-state index contributed by atoms with van der Waals surface area (Å²) in [5, 5.41) is 11.1. The Morgan fingerprint density at radius 2 is 2.17 bits per heavy atom. The van der Waals surface area contributed by atoms with Crippen LogP contribution in [0, 0.1) is 6.92 Å². The molecule has 2 rings (SSSR count). The van der Waals surface area contributed by atoms with Gasteiger partial charge in [-0.15, -0.1) is 10.2 Å². The Morgan fingerprint density at radius 1 is 1.33 bits per heavy atom. The number of aromatic nitrogens is 4. The van der Waals surface area contributed by atoms with Gasteiger partial charge in [-0.3, -0.25) is 4.98 Å². The van der Waals surface area contributed by atoms with Crippen molar-refractivity contribution >= 4 is 0 Å². The summed E-state index contributed by atoms with van der Waals surface area (Å²) < 4.78 is 7.10. The molecular weight excluding hydrogens is 230 g/mol. The van der Waals surface area contributed by atoms with E-state index in [0.717, 1.165) is 23.0 Å². The molecule has 0 aliphatic heterocycles. The third-order valence-electron chi connectivity index (χ3n) is 2.61. The number of rotatable bonds is 5. The zero-order chi connectivity index (χ0) is 13.0. The van der Waals surface area contributed by atoms with Crippen LogP contribution < -0.4 is 10.1 Å². The average Bonchev–Trinajstić information content (AvgIpc) is 2.74. The van der Waals surface area contributed by atoms with Gasteiger partial charge in [-0.25, -0.2) is 0 Å². The highest BCUT2D eigenvalue weighted by Gasteiger charge is 2.02. The van der Waals surface area contributed by atoms with Gasteiger partial charge in [-0.05, 0) is 6.92 Å². The van der Waals surface area contributed by atoms with Crippen LogP contribution in [0.5, 0.6) is 5.75 Å². The van der Waals surface area contributed by atoms with E-state index in [1.807, 2.05) is 30.7 Å². The van der Waals surface area contributed by atoms with Gasteiger partial charge in [0.05, 0.1) is 19.3 Å². The number of pyridine rings is 1. The monoisotopic (exact) mass is 247 g/mol. The normalized spacial score (nSPS) is 10.6. The second-order valence-corrected chi connectivity index (χ2v) is 4.10. The first-order chi connectivity index (χ1) is 8.69. The molecule has 0 atom stereocenters. The lowest BCUT2D eigenvalue weighted by atomic mass is 10.3. The van der Waals surface area contributed by atoms with E-state index < -0.39 is 0 Å². The summed E-state index contributed by atoms with van der Waals surface area (Å²) in [7, 11) is 3.58. The molecule has 1 N–H and O–H groups in total. The lowest BCUT2D eigenvalue weighted by molar-refractivity contribution is 0.412. The topological polar surface area (TPSA) is 64.9 Å². The van der Waals surface area contributed by atoms with Crippen LogP contribution in [0.15, 0.2) is 18.5 Å². The number of hydrogen-bond donors (Lipinski definition) is 1. The van der Waals surface area contributed by atoms with Crippen molar-refractivity contribution < 1.29 is 4.74 Å². The summed E-state index contributed by atoms with van der Waals surface area (Å²) in [4.78, 5) is 4.44. The lowest BCUT2D eigenvalue weighted by Crippen LogP contribution is -2.16. The van der Waals surface area contributed by atoms with E-state index in [4.69, 9.17) is 4.74 Å². The number of nitrogens with one attached hydrogen (secondary N) is 1. The fourth-order valence-electron chi connectivity index (χ4n) is 1.68. The predicted molar refractivity (Wildman–Crippen MR) is 67.1 cm³/mol. The van der Waals surface area contributed by atoms with E-state index in [-0.39, 0.29) is 0 Å². The summed E-state index contributed by atoms with van der Waals surface area (Å²) in [6, 6.07) is 3.84. The summed E-state index contributed by atoms with van der Waals surface area (Å²) in [5.41, 5.74) is 1.90. The van der Waals surface area contributed by atoms with Gasteiger partial charge in [-0.1, -0.05) is 0 Å². The van der Waals surface area contributed by atoms with E-state index in [1.165, 1.54) is 0 Å². The Hall–Kier alpha value is -1.95. The summed E-state index contributed by atoms with van der Waals surface area (Å²) >= 11 is 0. The number of nitrogens with zero attached hydrogens (tertiary/aromatic N) is 4. The minimum atomic E-state index is 0.661. The molecule has 2 aromatic heterocycles. The fraction of sp³-hybridized carbons (Fsp3) is 0.417. The molecule has 0 unspecified atom stereocenters. The van der Waals surface area contributed by atoms with Crippen molar-refractivity contribution in [1.29, 1.82) is 0 Å². The van der Waals surface area contributed by atoms with Crippen LogP contribution in [0.2, 0.25) is 0 Å². The fourth-order valence-corrected chi connectivity index (χ4v) is 1.68. The highest BCUT2D eigenvalue weighted by molar-refractivity contribution is 5.26. The molecule has 0 aliphatic rings. The summed E-state index contributed by atoms with van der Waals surface area (Å²) in [5.74, 6) is 1.73. The van der Waals surface area contributed by atoms with Crippen molar-refractivity contribution in [3.63, 3.8) is 0 Å². The van der Waals surface area contributed by atoms with Crippen molar-refractivity contribution in [3.8, 4) is 5.75 Å². The molecule has 0 radical (unpaired) electrons. The Balaban J connectivity index is 1.94. The standard InChI is InChI=1S/C12H17N5O/c1-9-4-11(18-3)5-10(15-9)6-13-7-12-16-14-8-17(12)2/h4-5,8,13H,6-7H2,1-3H3. The van der Waals surface area contributed by atoms with Crippen LogP contribution in [0.25, 0.3) is 0 Å². The van der Waals surface area contributed by atoms with E-state index in [1.54, 1.807) is 13.4 Å². The van der Waals surface area contributed by atoms with E-state index in [0.29, 0.717) is 13.1 Å². The van der Waals surface area contributed by atoms with Crippen LogP contribution in [0.3, 0.4) is 0 Å². The van der Waals surface area contributed by atoms with Crippen LogP contribution >= 0.6 is 0 Å². The zero-order valence-corrected chi connectivity index (χ0v) is 10.8.